The van der Waals surface area contributed by atoms with Gasteiger partial charge in [-0.3, -0.25) is 9.89 Å². The van der Waals surface area contributed by atoms with E-state index in [2.05, 4.69) is 10.2 Å². The molecule has 6 nitrogen and oxygen atoms in total. The summed E-state index contributed by atoms with van der Waals surface area (Å²) in [7, 11) is 0. The van der Waals surface area contributed by atoms with Crippen LogP contribution < -0.4 is 9.47 Å². The maximum atomic E-state index is 11.2. The summed E-state index contributed by atoms with van der Waals surface area (Å²) in [6.07, 6.45) is 2.20. The van der Waals surface area contributed by atoms with Crippen molar-refractivity contribution in [2.75, 3.05) is 6.61 Å². The third-order valence-corrected chi connectivity index (χ3v) is 4.45. The fourth-order valence-corrected chi connectivity index (χ4v) is 3.01. The molecule has 2 heterocycles. The predicted octanol–water partition coefficient (Wildman–Crippen LogP) is 3.29. The quantitative estimate of drug-likeness (QED) is 0.738. The number of carboxylic acids is 1. The molecule has 26 heavy (non-hydrogen) atoms. The number of hydrogen-bond acceptors (Lipinski definition) is 4. The number of nitrogens with one attached hydrogen (secondary N) is 1. The van der Waals surface area contributed by atoms with Crippen molar-refractivity contribution in [1.29, 1.82) is 0 Å². The summed E-state index contributed by atoms with van der Waals surface area (Å²) in [4.78, 5) is 11.2. The first-order chi connectivity index (χ1) is 12.7. The van der Waals surface area contributed by atoms with Gasteiger partial charge in [0.15, 0.2) is 0 Å². The second-order valence-electron chi connectivity index (χ2n) is 6.28. The van der Waals surface area contributed by atoms with E-state index in [9.17, 15) is 4.79 Å². The smallest absolute Gasteiger partial charge is 0.310 e. The molecule has 1 aliphatic rings. The van der Waals surface area contributed by atoms with Crippen LogP contribution in [-0.4, -0.2) is 27.9 Å². The lowest BCUT2D eigenvalue weighted by Crippen LogP contribution is -2.27. The Labute approximate surface area is 150 Å². The lowest BCUT2D eigenvalue weighted by Gasteiger charge is -2.23. The van der Waals surface area contributed by atoms with Crippen LogP contribution in [-0.2, 0) is 17.8 Å². The van der Waals surface area contributed by atoms with Gasteiger partial charge in [-0.15, -0.1) is 0 Å². The molecule has 4 rings (SSSR count). The first-order valence-electron chi connectivity index (χ1n) is 8.39. The number of H-pyrrole nitrogens is 1. The highest BCUT2D eigenvalue weighted by molar-refractivity contribution is 5.71. The lowest BCUT2D eigenvalue weighted by molar-refractivity contribution is -0.143. The van der Waals surface area contributed by atoms with Crippen molar-refractivity contribution < 1.29 is 19.4 Å². The first kappa shape index (κ1) is 16.2. The summed E-state index contributed by atoms with van der Waals surface area (Å²) in [6, 6.07) is 15.5. The summed E-state index contributed by atoms with van der Waals surface area (Å²) in [5.41, 5.74) is 3.90. The predicted molar refractivity (Wildman–Crippen MR) is 95.1 cm³/mol. The van der Waals surface area contributed by atoms with E-state index >= 15 is 0 Å². The minimum atomic E-state index is -0.824. The van der Waals surface area contributed by atoms with Crippen molar-refractivity contribution in [2.24, 2.45) is 5.92 Å². The monoisotopic (exact) mass is 350 g/mol. The standard InChI is InChI=1S/C20H18N2O4/c23-20(24)16-10-15-9-13(1-6-19(15)26-12-16)11-25-17-4-2-14(3-5-17)18-7-8-21-22-18/h1-9,16H,10-12H2,(H,21,22)(H,23,24). The number of aromatic nitrogens is 2. The van der Waals surface area contributed by atoms with E-state index in [0.717, 1.165) is 33.9 Å². The average molecular weight is 350 g/mol. The van der Waals surface area contributed by atoms with Crippen molar-refractivity contribution in [3.63, 3.8) is 0 Å². The molecule has 0 saturated heterocycles. The van der Waals surface area contributed by atoms with Crippen LogP contribution in [0, 0.1) is 5.92 Å². The molecule has 2 N–H and O–H groups in total. The van der Waals surface area contributed by atoms with Crippen LogP contribution in [0.25, 0.3) is 11.3 Å². The minimum Gasteiger partial charge on any atom is -0.492 e. The first-order valence-corrected chi connectivity index (χ1v) is 8.39. The number of carboxylic acid groups (broad SMARTS) is 1. The molecule has 2 aromatic carbocycles. The van der Waals surface area contributed by atoms with Crippen LogP contribution in [0.5, 0.6) is 11.5 Å². The average Bonchev–Trinajstić information content (AvgIpc) is 3.21. The molecule has 0 bridgehead atoms. The molecule has 0 fully saturated rings. The van der Waals surface area contributed by atoms with E-state index in [1.807, 2.05) is 48.5 Å². The van der Waals surface area contributed by atoms with Gasteiger partial charge in [-0.05, 0) is 65.6 Å². The van der Waals surface area contributed by atoms with Gasteiger partial charge in [0.05, 0.1) is 11.6 Å². The summed E-state index contributed by atoms with van der Waals surface area (Å²) in [5.74, 6) is 0.212. The van der Waals surface area contributed by atoms with E-state index < -0.39 is 11.9 Å². The van der Waals surface area contributed by atoms with Gasteiger partial charge in [0.2, 0.25) is 0 Å². The fraction of sp³-hybridized carbons (Fsp3) is 0.200. The van der Waals surface area contributed by atoms with Crippen LogP contribution >= 0.6 is 0 Å². The van der Waals surface area contributed by atoms with Gasteiger partial charge in [0.1, 0.15) is 24.7 Å². The molecule has 132 valence electrons. The molecule has 1 unspecified atom stereocenters. The summed E-state index contributed by atoms with van der Waals surface area (Å²) in [5, 5.41) is 16.0. The van der Waals surface area contributed by atoms with E-state index in [4.69, 9.17) is 14.6 Å². The van der Waals surface area contributed by atoms with E-state index in [-0.39, 0.29) is 6.61 Å². The Morgan fingerprint density at radius 1 is 1.23 bits per heavy atom. The Hall–Kier alpha value is -3.28. The number of nitrogens with zero attached hydrogens (tertiary/aromatic N) is 1. The number of ether oxygens (including phenoxy) is 2. The van der Waals surface area contributed by atoms with Crippen molar-refractivity contribution in [1.82, 2.24) is 10.2 Å². The molecular weight excluding hydrogens is 332 g/mol. The van der Waals surface area contributed by atoms with Gasteiger partial charge in [0.25, 0.3) is 0 Å². The van der Waals surface area contributed by atoms with Crippen LogP contribution in [0.4, 0.5) is 0 Å². The SMILES string of the molecule is O=C(O)C1COc2ccc(COc3ccc(-c4ccn[nH]4)cc3)cc2C1. The Morgan fingerprint density at radius 3 is 2.81 bits per heavy atom. The van der Waals surface area contributed by atoms with Gasteiger partial charge >= 0.3 is 5.97 Å². The molecule has 0 amide bonds. The van der Waals surface area contributed by atoms with Crippen LogP contribution in [0.1, 0.15) is 11.1 Å². The van der Waals surface area contributed by atoms with Crippen molar-refractivity contribution in [2.45, 2.75) is 13.0 Å². The molecule has 1 aromatic heterocycles. The molecule has 3 aromatic rings. The Kier molecular flexibility index (Phi) is 4.31. The molecule has 0 saturated carbocycles. The summed E-state index contributed by atoms with van der Waals surface area (Å²) in [6.45, 7) is 0.634. The molecule has 6 heteroatoms. The highest BCUT2D eigenvalue weighted by atomic mass is 16.5. The van der Waals surface area contributed by atoms with Gasteiger partial charge in [-0.1, -0.05) is 6.07 Å². The fourth-order valence-electron chi connectivity index (χ4n) is 3.01. The number of aliphatic carboxylic acids is 1. The third kappa shape index (κ3) is 3.39. The van der Waals surface area contributed by atoms with Crippen molar-refractivity contribution in [3.05, 3.63) is 65.9 Å². The zero-order chi connectivity index (χ0) is 17.9. The number of hydrogen-bond donors (Lipinski definition) is 2. The molecular formula is C20H18N2O4. The lowest BCUT2D eigenvalue weighted by atomic mass is 9.95. The number of benzene rings is 2. The van der Waals surface area contributed by atoms with E-state index in [1.165, 1.54) is 0 Å². The zero-order valence-corrected chi connectivity index (χ0v) is 14.0. The third-order valence-electron chi connectivity index (χ3n) is 4.45. The van der Waals surface area contributed by atoms with E-state index in [1.54, 1.807) is 6.20 Å². The van der Waals surface area contributed by atoms with Gasteiger partial charge < -0.3 is 14.6 Å². The highest BCUT2D eigenvalue weighted by Crippen LogP contribution is 2.29. The maximum absolute atomic E-state index is 11.2. The zero-order valence-electron chi connectivity index (χ0n) is 14.0. The molecule has 1 aliphatic heterocycles. The number of aromatic amines is 1. The van der Waals surface area contributed by atoms with Crippen LogP contribution in [0.15, 0.2) is 54.7 Å². The highest BCUT2D eigenvalue weighted by Gasteiger charge is 2.25. The van der Waals surface area contributed by atoms with Gasteiger partial charge in [0, 0.05) is 6.20 Å². The topological polar surface area (TPSA) is 84.4 Å². The second kappa shape index (κ2) is 6.92. The Morgan fingerprint density at radius 2 is 2.08 bits per heavy atom. The number of fused-ring (bicyclic) bond motifs is 1. The van der Waals surface area contributed by atoms with Crippen molar-refractivity contribution in [3.8, 4) is 22.8 Å². The normalized spacial score (nSPS) is 15.8. The van der Waals surface area contributed by atoms with Crippen LogP contribution in [0.3, 0.4) is 0 Å². The number of carbonyl (C=O) groups is 1. The maximum Gasteiger partial charge on any atom is 0.310 e. The summed E-state index contributed by atoms with van der Waals surface area (Å²) < 4.78 is 11.4. The van der Waals surface area contributed by atoms with Crippen molar-refractivity contribution >= 4 is 5.97 Å². The number of rotatable bonds is 5. The Bertz CT molecular complexity index is 904. The largest absolute Gasteiger partial charge is 0.492 e. The van der Waals surface area contributed by atoms with Gasteiger partial charge in [-0.25, -0.2) is 0 Å². The molecule has 0 aliphatic carbocycles. The second-order valence-corrected chi connectivity index (χ2v) is 6.28. The van der Waals surface area contributed by atoms with Crippen LogP contribution in [0.2, 0.25) is 0 Å². The van der Waals surface area contributed by atoms with E-state index in [0.29, 0.717) is 13.0 Å². The Balaban J connectivity index is 1.42. The molecule has 0 spiro atoms. The summed E-state index contributed by atoms with van der Waals surface area (Å²) >= 11 is 0. The van der Waals surface area contributed by atoms with Gasteiger partial charge in [-0.2, -0.15) is 5.10 Å². The minimum absolute atomic E-state index is 0.223. The molecule has 1 atom stereocenters. The molecule has 0 radical (unpaired) electrons.